The van der Waals surface area contributed by atoms with Crippen molar-refractivity contribution >= 4 is 5.96 Å². The third-order valence-corrected chi connectivity index (χ3v) is 3.19. The molecule has 1 aliphatic rings. The SMILES string of the molecule is CCNC(=NCC(C)C)NCC(C)N1CCOCC1. The van der Waals surface area contributed by atoms with Crippen molar-refractivity contribution in [3.8, 4) is 0 Å². The summed E-state index contributed by atoms with van der Waals surface area (Å²) >= 11 is 0. The fourth-order valence-electron chi connectivity index (χ4n) is 2.01. The summed E-state index contributed by atoms with van der Waals surface area (Å²) in [7, 11) is 0. The van der Waals surface area contributed by atoms with Crippen molar-refractivity contribution in [2.24, 2.45) is 10.9 Å². The molecule has 1 unspecified atom stereocenters. The Bertz CT molecular complexity index is 262. The first-order chi connectivity index (χ1) is 9.13. The molecular weight excluding hydrogens is 240 g/mol. The number of aliphatic imine (C=N–C) groups is 1. The van der Waals surface area contributed by atoms with Crippen molar-refractivity contribution in [1.82, 2.24) is 15.5 Å². The molecule has 1 saturated heterocycles. The summed E-state index contributed by atoms with van der Waals surface area (Å²) < 4.78 is 5.38. The number of nitrogens with one attached hydrogen (secondary N) is 2. The maximum absolute atomic E-state index is 5.38. The van der Waals surface area contributed by atoms with Crippen LogP contribution in [0.15, 0.2) is 4.99 Å². The van der Waals surface area contributed by atoms with E-state index in [4.69, 9.17) is 4.74 Å². The molecule has 0 aromatic carbocycles. The van der Waals surface area contributed by atoms with Gasteiger partial charge in [0.15, 0.2) is 5.96 Å². The van der Waals surface area contributed by atoms with E-state index in [1.54, 1.807) is 0 Å². The predicted octanol–water partition coefficient (Wildman–Crippen LogP) is 0.918. The van der Waals surface area contributed by atoms with Crippen molar-refractivity contribution < 1.29 is 4.74 Å². The molecule has 5 heteroatoms. The third kappa shape index (κ3) is 6.78. The number of morpholine rings is 1. The molecule has 19 heavy (non-hydrogen) atoms. The van der Waals surface area contributed by atoms with Gasteiger partial charge in [-0.1, -0.05) is 13.8 Å². The van der Waals surface area contributed by atoms with Crippen molar-refractivity contribution in [3.05, 3.63) is 0 Å². The summed E-state index contributed by atoms with van der Waals surface area (Å²) in [6.45, 7) is 15.2. The number of hydrogen-bond donors (Lipinski definition) is 2. The van der Waals surface area contributed by atoms with E-state index in [0.29, 0.717) is 12.0 Å². The van der Waals surface area contributed by atoms with Crippen LogP contribution < -0.4 is 10.6 Å². The zero-order chi connectivity index (χ0) is 14.1. The Morgan fingerprint density at radius 2 is 1.89 bits per heavy atom. The van der Waals surface area contributed by atoms with E-state index >= 15 is 0 Å². The van der Waals surface area contributed by atoms with Crippen molar-refractivity contribution in [2.75, 3.05) is 45.9 Å². The molecule has 1 aliphatic heterocycles. The lowest BCUT2D eigenvalue weighted by molar-refractivity contribution is 0.0211. The zero-order valence-corrected chi connectivity index (χ0v) is 12.9. The Balaban J connectivity index is 2.35. The summed E-state index contributed by atoms with van der Waals surface area (Å²) in [5, 5.41) is 6.72. The van der Waals surface area contributed by atoms with E-state index in [1.807, 2.05) is 0 Å². The minimum Gasteiger partial charge on any atom is -0.379 e. The lowest BCUT2D eigenvalue weighted by Crippen LogP contribution is -2.49. The van der Waals surface area contributed by atoms with Crippen molar-refractivity contribution in [2.45, 2.75) is 33.7 Å². The second-order valence-corrected chi connectivity index (χ2v) is 5.49. The minimum atomic E-state index is 0.506. The van der Waals surface area contributed by atoms with Gasteiger partial charge in [-0.2, -0.15) is 0 Å². The molecule has 1 fully saturated rings. The van der Waals surface area contributed by atoms with Crippen LogP contribution in [-0.4, -0.2) is 62.8 Å². The lowest BCUT2D eigenvalue weighted by Gasteiger charge is -2.32. The molecule has 112 valence electrons. The van der Waals surface area contributed by atoms with Crippen LogP contribution in [0.3, 0.4) is 0 Å². The topological polar surface area (TPSA) is 48.9 Å². The molecule has 1 atom stereocenters. The predicted molar refractivity (Wildman–Crippen MR) is 80.7 cm³/mol. The normalized spacial score (nSPS) is 19.5. The lowest BCUT2D eigenvalue weighted by atomic mass is 10.2. The highest BCUT2D eigenvalue weighted by atomic mass is 16.5. The summed E-state index contributed by atoms with van der Waals surface area (Å²) in [6, 6.07) is 0.506. The van der Waals surface area contributed by atoms with Crippen LogP contribution in [0.2, 0.25) is 0 Å². The van der Waals surface area contributed by atoms with Crippen LogP contribution in [0.4, 0.5) is 0 Å². The van der Waals surface area contributed by atoms with Gasteiger partial charge in [-0.25, -0.2) is 0 Å². The number of nitrogens with zero attached hydrogens (tertiary/aromatic N) is 2. The van der Waals surface area contributed by atoms with Crippen LogP contribution in [0.25, 0.3) is 0 Å². The first-order valence-corrected chi connectivity index (χ1v) is 7.47. The molecule has 0 aliphatic carbocycles. The van der Waals surface area contributed by atoms with E-state index in [0.717, 1.165) is 51.9 Å². The highest BCUT2D eigenvalue weighted by Crippen LogP contribution is 2.02. The minimum absolute atomic E-state index is 0.506. The van der Waals surface area contributed by atoms with Gasteiger partial charge < -0.3 is 15.4 Å². The van der Waals surface area contributed by atoms with Crippen LogP contribution in [-0.2, 0) is 4.74 Å². The third-order valence-electron chi connectivity index (χ3n) is 3.19. The summed E-state index contributed by atoms with van der Waals surface area (Å²) in [5.41, 5.74) is 0. The molecule has 0 radical (unpaired) electrons. The Kier molecular flexibility index (Phi) is 7.82. The van der Waals surface area contributed by atoms with Gasteiger partial charge in [0.05, 0.1) is 13.2 Å². The standard InChI is InChI=1S/C14H30N4O/c1-5-15-14(16-10-12(2)3)17-11-13(4)18-6-8-19-9-7-18/h12-13H,5-11H2,1-4H3,(H2,15,16,17). The molecule has 0 aromatic rings. The second-order valence-electron chi connectivity index (χ2n) is 5.49. The van der Waals surface area contributed by atoms with Crippen LogP contribution in [0.5, 0.6) is 0 Å². The quantitative estimate of drug-likeness (QED) is 0.556. The van der Waals surface area contributed by atoms with E-state index in [2.05, 4.69) is 48.2 Å². The molecular formula is C14H30N4O. The Labute approximate surface area is 117 Å². The van der Waals surface area contributed by atoms with Crippen LogP contribution >= 0.6 is 0 Å². The number of rotatable bonds is 6. The molecule has 0 spiro atoms. The van der Waals surface area contributed by atoms with Gasteiger partial charge in [-0.3, -0.25) is 9.89 Å². The molecule has 1 rings (SSSR count). The van der Waals surface area contributed by atoms with Gasteiger partial charge >= 0.3 is 0 Å². The van der Waals surface area contributed by atoms with Crippen LogP contribution in [0, 0.1) is 5.92 Å². The highest BCUT2D eigenvalue weighted by Gasteiger charge is 2.16. The zero-order valence-electron chi connectivity index (χ0n) is 12.9. The van der Waals surface area contributed by atoms with Crippen molar-refractivity contribution in [3.63, 3.8) is 0 Å². The number of ether oxygens (including phenoxy) is 1. The van der Waals surface area contributed by atoms with Gasteiger partial charge in [0, 0.05) is 38.8 Å². The second kappa shape index (κ2) is 9.15. The molecule has 5 nitrogen and oxygen atoms in total. The first kappa shape index (κ1) is 16.2. The van der Waals surface area contributed by atoms with Gasteiger partial charge in [-0.15, -0.1) is 0 Å². The Morgan fingerprint density at radius 3 is 2.47 bits per heavy atom. The van der Waals surface area contributed by atoms with Crippen LogP contribution in [0.1, 0.15) is 27.7 Å². The van der Waals surface area contributed by atoms with Crippen molar-refractivity contribution in [1.29, 1.82) is 0 Å². The summed E-state index contributed by atoms with van der Waals surface area (Å²) in [5.74, 6) is 1.52. The average molecular weight is 270 g/mol. The van der Waals surface area contributed by atoms with Gasteiger partial charge in [0.25, 0.3) is 0 Å². The van der Waals surface area contributed by atoms with E-state index < -0.39 is 0 Å². The fraction of sp³-hybridized carbons (Fsp3) is 0.929. The summed E-state index contributed by atoms with van der Waals surface area (Å²) in [6.07, 6.45) is 0. The molecule has 0 bridgehead atoms. The van der Waals surface area contributed by atoms with E-state index in [9.17, 15) is 0 Å². The smallest absolute Gasteiger partial charge is 0.191 e. The largest absolute Gasteiger partial charge is 0.379 e. The molecule has 1 heterocycles. The Hall–Kier alpha value is -0.810. The molecule has 2 N–H and O–H groups in total. The molecule has 0 aromatic heterocycles. The molecule has 0 amide bonds. The monoisotopic (exact) mass is 270 g/mol. The molecule has 0 saturated carbocycles. The van der Waals surface area contributed by atoms with E-state index in [-0.39, 0.29) is 0 Å². The number of guanidine groups is 1. The summed E-state index contributed by atoms with van der Waals surface area (Å²) in [4.78, 5) is 7.04. The fourth-order valence-corrected chi connectivity index (χ4v) is 2.01. The number of hydrogen-bond acceptors (Lipinski definition) is 3. The first-order valence-electron chi connectivity index (χ1n) is 7.47. The van der Waals surface area contributed by atoms with Gasteiger partial charge in [0.1, 0.15) is 0 Å². The maximum atomic E-state index is 5.38. The Morgan fingerprint density at radius 1 is 1.21 bits per heavy atom. The van der Waals surface area contributed by atoms with Gasteiger partial charge in [0.2, 0.25) is 0 Å². The maximum Gasteiger partial charge on any atom is 0.191 e. The highest BCUT2D eigenvalue weighted by molar-refractivity contribution is 5.79. The van der Waals surface area contributed by atoms with Gasteiger partial charge in [-0.05, 0) is 19.8 Å². The van der Waals surface area contributed by atoms with E-state index in [1.165, 1.54) is 0 Å². The average Bonchev–Trinajstić information content (AvgIpc) is 2.42.